The van der Waals surface area contributed by atoms with Gasteiger partial charge in [0.15, 0.2) is 6.29 Å². The van der Waals surface area contributed by atoms with Crippen LogP contribution >= 0.6 is 11.8 Å². The summed E-state index contributed by atoms with van der Waals surface area (Å²) in [5, 5.41) is 3.45. The molecule has 3 rings (SSSR count). The van der Waals surface area contributed by atoms with Crippen LogP contribution in [0.25, 0.3) is 0 Å². The summed E-state index contributed by atoms with van der Waals surface area (Å²) in [5.74, 6) is 1.57. The molecule has 0 saturated heterocycles. The summed E-state index contributed by atoms with van der Waals surface area (Å²) in [6.07, 6.45) is 4.47. The van der Waals surface area contributed by atoms with Crippen LogP contribution in [0.2, 0.25) is 0 Å². The highest BCUT2D eigenvalue weighted by Gasteiger charge is 2.22. The first-order valence-electron chi connectivity index (χ1n) is 8.33. The fraction of sp³-hybridized carbons (Fsp3) is 0.316. The van der Waals surface area contributed by atoms with E-state index in [2.05, 4.69) is 15.3 Å². The third kappa shape index (κ3) is 4.54. The third-order valence-electron chi connectivity index (χ3n) is 4.04. The SMILES string of the molecule is COc1ccc(CCNc2cc(C3CC=C(C=O)S3)nc(OC)n2)cc1. The lowest BCUT2D eigenvalue weighted by Gasteiger charge is -2.13. The monoisotopic (exact) mass is 371 g/mol. The number of anilines is 1. The Hall–Kier alpha value is -2.54. The summed E-state index contributed by atoms with van der Waals surface area (Å²) in [6.45, 7) is 0.738. The Kier molecular flexibility index (Phi) is 6.12. The average molecular weight is 371 g/mol. The lowest BCUT2D eigenvalue weighted by Crippen LogP contribution is -2.09. The molecule has 136 valence electrons. The van der Waals surface area contributed by atoms with E-state index in [1.54, 1.807) is 14.2 Å². The van der Waals surface area contributed by atoms with Crippen LogP contribution in [0.3, 0.4) is 0 Å². The van der Waals surface area contributed by atoms with Crippen LogP contribution in [-0.4, -0.2) is 37.0 Å². The third-order valence-corrected chi connectivity index (χ3v) is 5.30. The first-order chi connectivity index (χ1) is 12.7. The van der Waals surface area contributed by atoms with Gasteiger partial charge in [-0.15, -0.1) is 11.8 Å². The normalized spacial score (nSPS) is 16.1. The lowest BCUT2D eigenvalue weighted by molar-refractivity contribution is -0.104. The van der Waals surface area contributed by atoms with Crippen molar-refractivity contribution in [3.63, 3.8) is 0 Å². The molecule has 0 spiro atoms. The largest absolute Gasteiger partial charge is 0.497 e. The summed E-state index contributed by atoms with van der Waals surface area (Å²) in [6, 6.07) is 10.3. The van der Waals surface area contributed by atoms with Crippen molar-refractivity contribution in [2.24, 2.45) is 0 Å². The maximum absolute atomic E-state index is 10.9. The topological polar surface area (TPSA) is 73.3 Å². The number of benzene rings is 1. The molecule has 1 aromatic carbocycles. The minimum Gasteiger partial charge on any atom is -0.497 e. The summed E-state index contributed by atoms with van der Waals surface area (Å²) in [7, 11) is 3.21. The fourth-order valence-electron chi connectivity index (χ4n) is 2.66. The van der Waals surface area contributed by atoms with E-state index in [4.69, 9.17) is 9.47 Å². The number of aromatic nitrogens is 2. The quantitative estimate of drug-likeness (QED) is 0.713. The Labute approximate surface area is 157 Å². The molecule has 6 nitrogen and oxygen atoms in total. The van der Waals surface area contributed by atoms with Gasteiger partial charge in [-0.05, 0) is 30.5 Å². The van der Waals surface area contributed by atoms with Gasteiger partial charge in [-0.3, -0.25) is 4.79 Å². The van der Waals surface area contributed by atoms with Gasteiger partial charge in [0, 0.05) is 17.5 Å². The lowest BCUT2D eigenvalue weighted by atomic mass is 10.1. The number of nitrogens with one attached hydrogen (secondary N) is 1. The number of ether oxygens (including phenoxy) is 2. The summed E-state index contributed by atoms with van der Waals surface area (Å²) in [4.78, 5) is 20.5. The Morgan fingerprint density at radius 1 is 1.23 bits per heavy atom. The van der Waals surface area contributed by atoms with E-state index in [-0.39, 0.29) is 5.25 Å². The number of carbonyl (C=O) groups is 1. The summed E-state index contributed by atoms with van der Waals surface area (Å²) in [5.41, 5.74) is 2.08. The van der Waals surface area contributed by atoms with Crippen molar-refractivity contribution in [3.05, 3.63) is 52.6 Å². The number of hydrogen-bond donors (Lipinski definition) is 1. The molecular formula is C19H21N3O3S. The second kappa shape index (κ2) is 8.71. The maximum Gasteiger partial charge on any atom is 0.318 e. The average Bonchev–Trinajstić information content (AvgIpc) is 3.17. The molecule has 0 fully saturated rings. The van der Waals surface area contributed by atoms with Gasteiger partial charge in [-0.1, -0.05) is 18.2 Å². The standard InChI is InChI=1S/C19H21N3O3S/c1-24-14-5-3-13(4-6-14)9-10-20-18-11-16(21-19(22-18)25-2)17-8-7-15(12-23)26-17/h3-7,11-12,17H,8-10H2,1-2H3,(H,20,21,22). The molecule has 1 aliphatic rings. The van der Waals surface area contributed by atoms with E-state index >= 15 is 0 Å². The van der Waals surface area contributed by atoms with Gasteiger partial charge in [0.1, 0.15) is 11.6 Å². The zero-order chi connectivity index (χ0) is 18.4. The van der Waals surface area contributed by atoms with Gasteiger partial charge in [-0.2, -0.15) is 9.97 Å². The number of nitrogens with zero attached hydrogens (tertiary/aromatic N) is 2. The first kappa shape index (κ1) is 18.3. The van der Waals surface area contributed by atoms with E-state index < -0.39 is 0 Å². The molecule has 1 N–H and O–H groups in total. The Bertz CT molecular complexity index is 793. The number of carbonyl (C=O) groups excluding carboxylic acids is 1. The van der Waals surface area contributed by atoms with E-state index in [0.717, 1.165) is 47.8 Å². The summed E-state index contributed by atoms with van der Waals surface area (Å²) >= 11 is 1.52. The number of hydrogen-bond acceptors (Lipinski definition) is 7. The van der Waals surface area contributed by atoms with Crippen molar-refractivity contribution in [3.8, 4) is 11.8 Å². The number of allylic oxidation sites excluding steroid dienone is 2. The maximum atomic E-state index is 10.9. The molecule has 1 unspecified atom stereocenters. The van der Waals surface area contributed by atoms with Crippen molar-refractivity contribution in [1.29, 1.82) is 0 Å². The number of aldehydes is 1. The molecule has 2 aromatic rings. The van der Waals surface area contributed by atoms with Gasteiger partial charge >= 0.3 is 6.01 Å². The molecule has 0 radical (unpaired) electrons. The van der Waals surface area contributed by atoms with Gasteiger partial charge in [0.25, 0.3) is 0 Å². The van der Waals surface area contributed by atoms with Crippen LogP contribution in [0.5, 0.6) is 11.8 Å². The van der Waals surface area contributed by atoms with Crippen LogP contribution in [0.15, 0.2) is 41.3 Å². The molecule has 26 heavy (non-hydrogen) atoms. The predicted octanol–water partition coefficient (Wildman–Crippen LogP) is 3.41. The van der Waals surface area contributed by atoms with E-state index in [9.17, 15) is 4.79 Å². The van der Waals surface area contributed by atoms with Crippen molar-refractivity contribution in [1.82, 2.24) is 9.97 Å². The zero-order valence-electron chi connectivity index (χ0n) is 14.8. The number of methoxy groups -OCH3 is 2. The molecule has 0 saturated carbocycles. The van der Waals surface area contributed by atoms with Crippen molar-refractivity contribution in [2.45, 2.75) is 18.1 Å². The first-order valence-corrected chi connectivity index (χ1v) is 9.21. The molecule has 2 heterocycles. The van der Waals surface area contributed by atoms with Crippen molar-refractivity contribution in [2.75, 3.05) is 26.1 Å². The second-order valence-electron chi connectivity index (χ2n) is 5.76. The highest BCUT2D eigenvalue weighted by atomic mass is 32.2. The van der Waals surface area contributed by atoms with Gasteiger partial charge in [0.2, 0.25) is 0 Å². The molecule has 1 atom stereocenters. The Morgan fingerprint density at radius 3 is 2.69 bits per heavy atom. The summed E-state index contributed by atoms with van der Waals surface area (Å²) < 4.78 is 10.4. The Morgan fingerprint density at radius 2 is 2.04 bits per heavy atom. The van der Waals surface area contributed by atoms with Crippen molar-refractivity contribution >= 4 is 23.9 Å². The van der Waals surface area contributed by atoms with Gasteiger partial charge < -0.3 is 14.8 Å². The zero-order valence-corrected chi connectivity index (χ0v) is 15.6. The molecule has 1 aromatic heterocycles. The van der Waals surface area contributed by atoms with Crippen molar-refractivity contribution < 1.29 is 14.3 Å². The number of thioether (sulfide) groups is 1. The van der Waals surface area contributed by atoms with Crippen LogP contribution in [0, 0.1) is 0 Å². The Balaban J connectivity index is 1.63. The van der Waals surface area contributed by atoms with E-state index in [0.29, 0.717) is 6.01 Å². The van der Waals surface area contributed by atoms with E-state index in [1.807, 2.05) is 36.4 Å². The highest BCUT2D eigenvalue weighted by molar-refractivity contribution is 8.04. The minimum absolute atomic E-state index is 0.120. The van der Waals surface area contributed by atoms with Gasteiger partial charge in [-0.25, -0.2) is 0 Å². The smallest absolute Gasteiger partial charge is 0.318 e. The van der Waals surface area contributed by atoms with E-state index in [1.165, 1.54) is 17.3 Å². The molecule has 0 bridgehead atoms. The molecule has 0 aliphatic carbocycles. The van der Waals surface area contributed by atoms with Gasteiger partial charge in [0.05, 0.1) is 25.2 Å². The fourth-order valence-corrected chi connectivity index (χ4v) is 3.67. The van der Waals surface area contributed by atoms with Crippen LogP contribution in [0.1, 0.15) is 22.9 Å². The molecule has 0 amide bonds. The van der Waals surface area contributed by atoms with Crippen LogP contribution in [0.4, 0.5) is 5.82 Å². The molecular weight excluding hydrogens is 350 g/mol. The highest BCUT2D eigenvalue weighted by Crippen LogP contribution is 2.42. The predicted molar refractivity (Wildman–Crippen MR) is 103 cm³/mol. The molecule has 7 heteroatoms. The van der Waals surface area contributed by atoms with Crippen LogP contribution in [-0.2, 0) is 11.2 Å². The number of rotatable bonds is 8. The second-order valence-corrected chi connectivity index (χ2v) is 7.03. The molecule has 1 aliphatic heterocycles. The van der Waals surface area contributed by atoms with Crippen LogP contribution < -0.4 is 14.8 Å². The minimum atomic E-state index is 0.120.